The number of fused-ring (bicyclic) bond motifs is 1. The highest BCUT2D eigenvalue weighted by molar-refractivity contribution is 7.98. The number of thioether (sulfide) groups is 1. The Labute approximate surface area is 193 Å². The third-order valence-electron chi connectivity index (χ3n) is 5.19. The lowest BCUT2D eigenvalue weighted by Crippen LogP contribution is -2.23. The molecule has 5 aromatic rings. The number of rotatable bonds is 5. The molecular weight excluding hydrogens is 436 g/mol. The van der Waals surface area contributed by atoms with Crippen molar-refractivity contribution in [1.29, 1.82) is 0 Å². The number of hydrogen-bond acceptors (Lipinski definition) is 6. The van der Waals surface area contributed by atoms with Gasteiger partial charge < -0.3 is 0 Å². The van der Waals surface area contributed by atoms with Gasteiger partial charge in [0.1, 0.15) is 5.01 Å². The summed E-state index contributed by atoms with van der Waals surface area (Å²) in [6, 6.07) is 19.4. The van der Waals surface area contributed by atoms with Crippen LogP contribution in [0.5, 0.6) is 0 Å². The molecule has 0 N–H and O–H groups in total. The topological polar surface area (TPSA) is 60.7 Å². The molecule has 0 spiro atoms. The van der Waals surface area contributed by atoms with Crippen LogP contribution in [0, 0.1) is 13.8 Å². The van der Waals surface area contributed by atoms with Crippen LogP contribution in [0.15, 0.2) is 82.2 Å². The van der Waals surface area contributed by atoms with E-state index in [1.807, 2.05) is 79.9 Å². The molecule has 0 aliphatic rings. The summed E-state index contributed by atoms with van der Waals surface area (Å²) in [7, 11) is 0. The van der Waals surface area contributed by atoms with Crippen molar-refractivity contribution >= 4 is 34.0 Å². The molecule has 0 bridgehead atoms. The maximum Gasteiger partial charge on any atom is 0.266 e. The molecule has 3 heterocycles. The van der Waals surface area contributed by atoms with E-state index in [0.29, 0.717) is 21.8 Å². The minimum atomic E-state index is -0.0528. The zero-order valence-corrected chi connectivity index (χ0v) is 19.3. The Balaban J connectivity index is 1.57. The minimum Gasteiger partial charge on any atom is -0.268 e. The average Bonchev–Trinajstić information content (AvgIpc) is 3.29. The monoisotopic (exact) mass is 456 g/mol. The van der Waals surface area contributed by atoms with Crippen molar-refractivity contribution in [1.82, 2.24) is 19.5 Å². The van der Waals surface area contributed by atoms with E-state index in [0.717, 1.165) is 33.2 Å². The van der Waals surface area contributed by atoms with E-state index >= 15 is 0 Å². The number of pyridine rings is 1. The fourth-order valence-corrected chi connectivity index (χ4v) is 5.48. The number of aryl methyl sites for hydroxylation is 2. The zero-order chi connectivity index (χ0) is 22.1. The number of nitrogens with zero attached hydrogens (tertiary/aromatic N) is 4. The van der Waals surface area contributed by atoms with Crippen molar-refractivity contribution in [2.75, 3.05) is 0 Å². The predicted octanol–water partition coefficient (Wildman–Crippen LogP) is 5.81. The molecule has 3 aromatic heterocycles. The van der Waals surface area contributed by atoms with Gasteiger partial charge in [0.15, 0.2) is 5.16 Å². The Morgan fingerprint density at radius 3 is 2.50 bits per heavy atom. The first-order valence-electron chi connectivity index (χ1n) is 10.2. The molecule has 0 saturated heterocycles. The van der Waals surface area contributed by atoms with Crippen molar-refractivity contribution in [3.05, 3.63) is 99.4 Å². The largest absolute Gasteiger partial charge is 0.268 e. The lowest BCUT2D eigenvalue weighted by molar-refractivity contribution is 0.808. The minimum absolute atomic E-state index is 0.0528. The van der Waals surface area contributed by atoms with Crippen molar-refractivity contribution in [2.24, 2.45) is 0 Å². The molecule has 7 heteroatoms. The summed E-state index contributed by atoms with van der Waals surface area (Å²) in [5.74, 6) is 0.610. The van der Waals surface area contributed by atoms with Crippen LogP contribution in [0.1, 0.15) is 16.8 Å². The van der Waals surface area contributed by atoms with E-state index < -0.39 is 0 Å². The third-order valence-corrected chi connectivity index (χ3v) is 7.08. The Kier molecular flexibility index (Phi) is 5.59. The standard InChI is InChI=1S/C25H20N4OS2/c1-16-8-7-9-17(2)22(16)29-24(30)19-10-3-4-11-20(19)28-25(29)32-15-18-14-31-23(27-18)21-12-5-6-13-26-21/h3-14H,15H2,1-2H3. The van der Waals surface area contributed by atoms with Crippen molar-refractivity contribution in [3.63, 3.8) is 0 Å². The summed E-state index contributed by atoms with van der Waals surface area (Å²) in [5.41, 5.74) is 5.43. The quantitative estimate of drug-likeness (QED) is 0.247. The summed E-state index contributed by atoms with van der Waals surface area (Å²) < 4.78 is 1.75. The molecule has 0 fully saturated rings. The van der Waals surface area contributed by atoms with Gasteiger partial charge in [-0.3, -0.25) is 14.3 Å². The van der Waals surface area contributed by atoms with E-state index in [4.69, 9.17) is 9.97 Å². The maximum atomic E-state index is 13.5. The molecule has 0 unspecified atom stereocenters. The Bertz CT molecular complexity index is 1450. The van der Waals surface area contributed by atoms with Crippen molar-refractivity contribution < 1.29 is 0 Å². The van der Waals surface area contributed by atoms with Gasteiger partial charge >= 0.3 is 0 Å². The van der Waals surface area contributed by atoms with E-state index in [1.54, 1.807) is 22.1 Å². The van der Waals surface area contributed by atoms with Crippen LogP contribution in [0.4, 0.5) is 0 Å². The normalized spacial score (nSPS) is 11.2. The summed E-state index contributed by atoms with van der Waals surface area (Å²) >= 11 is 3.10. The molecule has 2 aromatic carbocycles. The third kappa shape index (κ3) is 3.85. The summed E-state index contributed by atoms with van der Waals surface area (Å²) in [5, 5.41) is 4.21. The van der Waals surface area contributed by atoms with E-state index in [2.05, 4.69) is 4.98 Å². The Morgan fingerprint density at radius 1 is 0.938 bits per heavy atom. The second kappa shape index (κ2) is 8.68. The van der Waals surface area contributed by atoms with Gasteiger partial charge in [-0.25, -0.2) is 9.97 Å². The molecule has 158 valence electrons. The molecule has 0 atom stereocenters. The summed E-state index contributed by atoms with van der Waals surface area (Å²) in [6.45, 7) is 4.05. The van der Waals surface area contributed by atoms with Crippen LogP contribution in [-0.2, 0) is 5.75 Å². The fourth-order valence-electron chi connectivity index (χ4n) is 3.68. The molecule has 32 heavy (non-hydrogen) atoms. The number of benzene rings is 2. The van der Waals surface area contributed by atoms with Crippen molar-refractivity contribution in [2.45, 2.75) is 24.8 Å². The van der Waals surface area contributed by atoms with Gasteiger partial charge in [-0.1, -0.05) is 48.2 Å². The number of para-hydroxylation sites is 2. The SMILES string of the molecule is Cc1cccc(C)c1-n1c(SCc2csc(-c3ccccn3)n2)nc2ccccc2c1=O. The van der Waals surface area contributed by atoms with Gasteiger partial charge in [0.05, 0.1) is 28.0 Å². The highest BCUT2D eigenvalue weighted by atomic mass is 32.2. The second-order valence-electron chi connectivity index (χ2n) is 7.44. The van der Waals surface area contributed by atoms with Crippen LogP contribution in [0.2, 0.25) is 0 Å². The van der Waals surface area contributed by atoms with Crippen LogP contribution in [0.25, 0.3) is 27.3 Å². The summed E-state index contributed by atoms with van der Waals surface area (Å²) in [4.78, 5) is 27.5. The lowest BCUT2D eigenvalue weighted by atomic mass is 10.1. The van der Waals surface area contributed by atoms with Gasteiger partial charge in [0, 0.05) is 17.3 Å². The lowest BCUT2D eigenvalue weighted by Gasteiger charge is -2.17. The smallest absolute Gasteiger partial charge is 0.266 e. The van der Waals surface area contributed by atoms with Gasteiger partial charge in [0.2, 0.25) is 0 Å². The van der Waals surface area contributed by atoms with Crippen LogP contribution < -0.4 is 5.56 Å². The molecule has 0 saturated carbocycles. The number of aromatic nitrogens is 4. The second-order valence-corrected chi connectivity index (χ2v) is 9.24. The molecule has 0 amide bonds. The maximum absolute atomic E-state index is 13.5. The zero-order valence-electron chi connectivity index (χ0n) is 17.6. The van der Waals surface area contributed by atoms with E-state index in [1.165, 1.54) is 11.8 Å². The first-order valence-corrected chi connectivity index (χ1v) is 12.1. The predicted molar refractivity (Wildman–Crippen MR) is 132 cm³/mol. The first-order chi connectivity index (χ1) is 15.6. The molecular formula is C25H20N4OS2. The average molecular weight is 457 g/mol. The Hall–Kier alpha value is -3.29. The molecule has 0 radical (unpaired) electrons. The Morgan fingerprint density at radius 2 is 1.72 bits per heavy atom. The molecule has 0 aliphatic heterocycles. The van der Waals surface area contributed by atoms with Crippen LogP contribution in [0.3, 0.4) is 0 Å². The van der Waals surface area contributed by atoms with Crippen LogP contribution >= 0.6 is 23.1 Å². The van der Waals surface area contributed by atoms with Crippen molar-refractivity contribution in [3.8, 4) is 16.4 Å². The fraction of sp³-hybridized carbons (Fsp3) is 0.120. The first kappa shape index (κ1) is 20.6. The molecule has 5 nitrogen and oxygen atoms in total. The van der Waals surface area contributed by atoms with Gasteiger partial charge in [-0.05, 0) is 49.2 Å². The van der Waals surface area contributed by atoms with E-state index in [-0.39, 0.29) is 5.56 Å². The van der Waals surface area contributed by atoms with Gasteiger partial charge in [0.25, 0.3) is 5.56 Å². The van der Waals surface area contributed by atoms with Gasteiger partial charge in [-0.15, -0.1) is 11.3 Å². The van der Waals surface area contributed by atoms with Crippen LogP contribution in [-0.4, -0.2) is 19.5 Å². The highest BCUT2D eigenvalue weighted by Crippen LogP contribution is 2.29. The summed E-state index contributed by atoms with van der Waals surface area (Å²) in [6.07, 6.45) is 1.77. The highest BCUT2D eigenvalue weighted by Gasteiger charge is 2.17. The van der Waals surface area contributed by atoms with E-state index in [9.17, 15) is 4.79 Å². The number of thiazole rings is 1. The van der Waals surface area contributed by atoms with Gasteiger partial charge in [-0.2, -0.15) is 0 Å². The molecule has 0 aliphatic carbocycles. The number of hydrogen-bond donors (Lipinski definition) is 0. The molecule has 5 rings (SSSR count).